The summed E-state index contributed by atoms with van der Waals surface area (Å²) in [5.74, 6) is -0.214. The summed E-state index contributed by atoms with van der Waals surface area (Å²) < 4.78 is 44.2. The summed E-state index contributed by atoms with van der Waals surface area (Å²) in [7, 11) is 0. The van der Waals surface area contributed by atoms with Gasteiger partial charge in [-0.15, -0.1) is 0 Å². The summed E-state index contributed by atoms with van der Waals surface area (Å²) in [6.07, 6.45) is -2.51. The van der Waals surface area contributed by atoms with Crippen LogP contribution < -0.4 is 9.64 Å². The molecule has 0 aromatic heterocycles. The number of alkyl halides is 3. The van der Waals surface area contributed by atoms with Crippen molar-refractivity contribution < 1.29 is 27.5 Å². The molecule has 5 nitrogen and oxygen atoms in total. The molecule has 1 fully saturated rings. The smallest absolute Gasteiger partial charge is 0.416 e. The highest BCUT2D eigenvalue weighted by molar-refractivity contribution is 5.98. The first-order valence-electron chi connectivity index (χ1n) is 8.89. The molecule has 0 spiro atoms. The number of piperidine rings is 1. The molecule has 1 aromatic carbocycles. The van der Waals surface area contributed by atoms with Crippen LogP contribution in [0.2, 0.25) is 0 Å². The average molecular weight is 384 g/mol. The number of nitrogens with zero attached hydrogens (tertiary/aromatic N) is 2. The second kappa shape index (κ2) is 6.73. The standard InChI is InChI=1S/C19H23F3N2O3/c1-18(2,3)16-9-13(6-7-23(16)11-25)24-14-5-4-12(19(20,21)22)8-15(14)27-10-17(24)26/h4-5,8,11,13,16H,6-7,9-10H2,1-3H3. The van der Waals surface area contributed by atoms with E-state index in [0.29, 0.717) is 25.1 Å². The van der Waals surface area contributed by atoms with Gasteiger partial charge in [0.25, 0.3) is 5.91 Å². The number of rotatable bonds is 2. The highest BCUT2D eigenvalue weighted by atomic mass is 19.4. The second-order valence-corrected chi connectivity index (χ2v) is 8.14. The molecule has 8 heteroatoms. The number of hydrogen-bond acceptors (Lipinski definition) is 3. The highest BCUT2D eigenvalue weighted by Gasteiger charge is 2.41. The number of anilines is 1. The van der Waals surface area contributed by atoms with E-state index in [0.717, 1.165) is 18.5 Å². The summed E-state index contributed by atoms with van der Waals surface area (Å²) >= 11 is 0. The number of carbonyl (C=O) groups excluding carboxylic acids is 2. The van der Waals surface area contributed by atoms with E-state index in [1.165, 1.54) is 6.07 Å². The number of carbonyl (C=O) groups is 2. The zero-order valence-corrected chi connectivity index (χ0v) is 15.5. The van der Waals surface area contributed by atoms with Crippen LogP contribution in [0.1, 0.15) is 39.2 Å². The van der Waals surface area contributed by atoms with Crippen molar-refractivity contribution in [2.24, 2.45) is 5.41 Å². The third-order valence-electron chi connectivity index (χ3n) is 5.28. The van der Waals surface area contributed by atoms with E-state index in [2.05, 4.69) is 0 Å². The first-order chi connectivity index (χ1) is 12.5. The van der Waals surface area contributed by atoms with E-state index in [-0.39, 0.29) is 35.8 Å². The van der Waals surface area contributed by atoms with Crippen molar-refractivity contribution in [2.45, 2.75) is 51.9 Å². The monoisotopic (exact) mass is 384 g/mol. The molecule has 0 saturated carbocycles. The third kappa shape index (κ3) is 3.75. The quantitative estimate of drug-likeness (QED) is 0.734. The summed E-state index contributed by atoms with van der Waals surface area (Å²) in [6, 6.07) is 2.94. The van der Waals surface area contributed by atoms with Gasteiger partial charge in [0.1, 0.15) is 5.75 Å². The molecule has 27 heavy (non-hydrogen) atoms. The Morgan fingerprint density at radius 2 is 1.93 bits per heavy atom. The number of halogens is 3. The van der Waals surface area contributed by atoms with Gasteiger partial charge in [-0.05, 0) is 36.5 Å². The average Bonchev–Trinajstić information content (AvgIpc) is 2.59. The first-order valence-corrected chi connectivity index (χ1v) is 8.89. The van der Waals surface area contributed by atoms with Crippen LogP contribution in [0.3, 0.4) is 0 Å². The number of amides is 2. The number of likely N-dealkylation sites (tertiary alicyclic amines) is 1. The molecule has 2 aliphatic heterocycles. The Kier molecular flexibility index (Phi) is 4.86. The Hall–Kier alpha value is -2.25. The lowest BCUT2D eigenvalue weighted by Gasteiger charge is -2.47. The second-order valence-electron chi connectivity index (χ2n) is 8.14. The van der Waals surface area contributed by atoms with E-state index in [1.54, 1.807) is 9.80 Å². The normalized spacial score (nSPS) is 23.7. The SMILES string of the molecule is CC(C)(C)C1CC(N2C(=O)COc3cc(C(F)(F)F)ccc32)CCN1C=O. The summed E-state index contributed by atoms with van der Waals surface area (Å²) in [5.41, 5.74) is -0.631. The Morgan fingerprint density at radius 3 is 2.52 bits per heavy atom. The minimum atomic E-state index is -4.47. The van der Waals surface area contributed by atoms with Gasteiger partial charge in [0.2, 0.25) is 6.41 Å². The van der Waals surface area contributed by atoms with E-state index >= 15 is 0 Å². The van der Waals surface area contributed by atoms with Crippen molar-refractivity contribution in [1.29, 1.82) is 0 Å². The molecular formula is C19H23F3N2O3. The van der Waals surface area contributed by atoms with Crippen molar-refractivity contribution in [2.75, 3.05) is 18.1 Å². The van der Waals surface area contributed by atoms with Gasteiger partial charge >= 0.3 is 6.18 Å². The predicted octanol–water partition coefficient (Wildman–Crippen LogP) is 3.47. The van der Waals surface area contributed by atoms with E-state index in [4.69, 9.17) is 4.74 Å². The van der Waals surface area contributed by atoms with Crippen molar-refractivity contribution in [1.82, 2.24) is 4.90 Å². The van der Waals surface area contributed by atoms with Crippen molar-refractivity contribution >= 4 is 18.0 Å². The van der Waals surface area contributed by atoms with Gasteiger partial charge in [-0.3, -0.25) is 9.59 Å². The molecular weight excluding hydrogens is 361 g/mol. The molecule has 148 valence electrons. The Bertz CT molecular complexity index is 743. The van der Waals surface area contributed by atoms with Crippen LogP contribution in [0, 0.1) is 5.41 Å². The Morgan fingerprint density at radius 1 is 1.22 bits per heavy atom. The molecule has 1 aromatic rings. The number of fused-ring (bicyclic) bond motifs is 1. The minimum Gasteiger partial charge on any atom is -0.482 e. The van der Waals surface area contributed by atoms with Gasteiger partial charge in [0.15, 0.2) is 6.61 Å². The predicted molar refractivity (Wildman–Crippen MR) is 93.5 cm³/mol. The molecule has 2 heterocycles. The fraction of sp³-hybridized carbons (Fsp3) is 0.579. The number of hydrogen-bond donors (Lipinski definition) is 0. The van der Waals surface area contributed by atoms with Crippen LogP contribution in [0.25, 0.3) is 0 Å². The van der Waals surface area contributed by atoms with Gasteiger partial charge in [-0.2, -0.15) is 13.2 Å². The van der Waals surface area contributed by atoms with Crippen LogP contribution in [0.15, 0.2) is 18.2 Å². The molecule has 3 rings (SSSR count). The number of ether oxygens (including phenoxy) is 1. The topological polar surface area (TPSA) is 49.9 Å². The number of benzene rings is 1. The minimum absolute atomic E-state index is 0.0644. The van der Waals surface area contributed by atoms with Gasteiger partial charge in [-0.25, -0.2) is 0 Å². The zero-order chi connectivity index (χ0) is 20.0. The van der Waals surface area contributed by atoms with Crippen LogP contribution in [-0.2, 0) is 15.8 Å². The maximum atomic E-state index is 13.0. The maximum Gasteiger partial charge on any atom is 0.416 e. The van der Waals surface area contributed by atoms with Gasteiger partial charge < -0.3 is 14.5 Å². The molecule has 1 saturated heterocycles. The summed E-state index contributed by atoms with van der Waals surface area (Å²) in [6.45, 7) is 6.29. The third-order valence-corrected chi connectivity index (χ3v) is 5.28. The first kappa shape index (κ1) is 19.5. The zero-order valence-electron chi connectivity index (χ0n) is 15.5. The highest BCUT2D eigenvalue weighted by Crippen LogP contribution is 2.41. The molecule has 2 amide bonds. The van der Waals surface area contributed by atoms with E-state index < -0.39 is 11.7 Å². The molecule has 0 aliphatic carbocycles. The van der Waals surface area contributed by atoms with Crippen molar-refractivity contribution in [3.63, 3.8) is 0 Å². The van der Waals surface area contributed by atoms with Crippen LogP contribution in [0.5, 0.6) is 5.75 Å². The van der Waals surface area contributed by atoms with Crippen molar-refractivity contribution in [3.05, 3.63) is 23.8 Å². The van der Waals surface area contributed by atoms with Crippen LogP contribution in [-0.4, -0.2) is 42.5 Å². The summed E-state index contributed by atoms with van der Waals surface area (Å²) in [5, 5.41) is 0. The largest absolute Gasteiger partial charge is 0.482 e. The lowest BCUT2D eigenvalue weighted by atomic mass is 9.79. The van der Waals surface area contributed by atoms with Gasteiger partial charge in [0, 0.05) is 18.6 Å². The molecule has 0 bridgehead atoms. The Balaban J connectivity index is 1.93. The lowest BCUT2D eigenvalue weighted by molar-refractivity contribution is -0.137. The van der Waals surface area contributed by atoms with Gasteiger partial charge in [0.05, 0.1) is 11.3 Å². The Labute approximate surface area is 156 Å². The van der Waals surface area contributed by atoms with E-state index in [9.17, 15) is 22.8 Å². The molecule has 0 radical (unpaired) electrons. The fourth-order valence-corrected chi connectivity index (χ4v) is 3.93. The van der Waals surface area contributed by atoms with E-state index in [1.807, 2.05) is 20.8 Å². The maximum absolute atomic E-state index is 13.0. The van der Waals surface area contributed by atoms with Crippen LogP contribution in [0.4, 0.5) is 18.9 Å². The molecule has 0 N–H and O–H groups in total. The molecule has 2 unspecified atom stereocenters. The fourth-order valence-electron chi connectivity index (χ4n) is 3.93. The van der Waals surface area contributed by atoms with Crippen molar-refractivity contribution in [3.8, 4) is 5.75 Å². The van der Waals surface area contributed by atoms with Gasteiger partial charge in [-0.1, -0.05) is 20.8 Å². The molecule has 2 atom stereocenters. The molecule has 2 aliphatic rings. The summed E-state index contributed by atoms with van der Waals surface area (Å²) in [4.78, 5) is 27.3. The lowest BCUT2D eigenvalue weighted by Crippen LogP contribution is -2.56. The van der Waals surface area contributed by atoms with Crippen LogP contribution >= 0.6 is 0 Å².